The van der Waals surface area contributed by atoms with Crippen LogP contribution >= 0.6 is 11.3 Å². The third-order valence-electron chi connectivity index (χ3n) is 4.71. The molecule has 0 bridgehead atoms. The highest BCUT2D eigenvalue weighted by Gasteiger charge is 2.27. The number of halogens is 1. The lowest BCUT2D eigenvalue weighted by Gasteiger charge is -2.23. The highest BCUT2D eigenvalue weighted by molar-refractivity contribution is 7.22. The lowest BCUT2D eigenvalue weighted by Crippen LogP contribution is -2.40. The van der Waals surface area contributed by atoms with E-state index in [4.69, 9.17) is 14.2 Å². The van der Waals surface area contributed by atoms with Crippen LogP contribution in [0.15, 0.2) is 42.5 Å². The average Bonchev–Trinajstić information content (AvgIpc) is 3.40. The Balaban J connectivity index is 1.57. The maximum Gasteiger partial charge on any atom is 0.266 e. The molecule has 1 aromatic heterocycles. The summed E-state index contributed by atoms with van der Waals surface area (Å²) in [5.41, 5.74) is 0.722. The van der Waals surface area contributed by atoms with E-state index in [1.165, 1.54) is 35.6 Å². The van der Waals surface area contributed by atoms with E-state index in [0.717, 1.165) is 23.1 Å². The maximum atomic E-state index is 13.1. The molecule has 1 amide bonds. The normalized spacial score (nSPS) is 16.1. The quantitative estimate of drug-likeness (QED) is 0.582. The van der Waals surface area contributed by atoms with Crippen molar-refractivity contribution in [1.29, 1.82) is 0 Å². The molecular weight excluding hydrogens is 395 g/mol. The van der Waals surface area contributed by atoms with Crippen molar-refractivity contribution >= 4 is 32.6 Å². The van der Waals surface area contributed by atoms with E-state index in [2.05, 4.69) is 4.98 Å². The van der Waals surface area contributed by atoms with E-state index in [1.54, 1.807) is 12.0 Å². The number of aromatic nitrogens is 1. The molecule has 0 radical (unpaired) electrons. The zero-order chi connectivity index (χ0) is 20.2. The summed E-state index contributed by atoms with van der Waals surface area (Å²) >= 11 is 1.42. The summed E-state index contributed by atoms with van der Waals surface area (Å²) in [7, 11) is 1.60. The van der Waals surface area contributed by atoms with Gasteiger partial charge in [0.25, 0.3) is 5.91 Å². The zero-order valence-electron chi connectivity index (χ0n) is 16.0. The van der Waals surface area contributed by atoms with Gasteiger partial charge in [0.2, 0.25) is 0 Å². The van der Waals surface area contributed by atoms with Crippen molar-refractivity contribution in [2.24, 2.45) is 0 Å². The van der Waals surface area contributed by atoms with E-state index < -0.39 is 0 Å². The molecule has 0 saturated carbocycles. The Morgan fingerprint density at radius 1 is 1.31 bits per heavy atom. The molecule has 1 unspecified atom stereocenters. The molecule has 3 aromatic rings. The van der Waals surface area contributed by atoms with Crippen molar-refractivity contribution in [1.82, 2.24) is 4.98 Å². The van der Waals surface area contributed by atoms with Gasteiger partial charge in [-0.2, -0.15) is 0 Å². The Morgan fingerprint density at radius 2 is 2.14 bits per heavy atom. The number of anilines is 1. The number of amides is 1. The molecule has 1 aliphatic rings. The van der Waals surface area contributed by atoms with Gasteiger partial charge in [0.05, 0.1) is 24.5 Å². The number of thiazole rings is 1. The van der Waals surface area contributed by atoms with Gasteiger partial charge >= 0.3 is 0 Å². The second-order valence-corrected chi connectivity index (χ2v) is 7.69. The summed E-state index contributed by atoms with van der Waals surface area (Å²) in [5, 5.41) is 0.577. The first-order valence-electron chi connectivity index (χ1n) is 9.38. The number of para-hydroxylation sites is 1. The summed E-state index contributed by atoms with van der Waals surface area (Å²) in [6.07, 6.45) is 1.85. The topological polar surface area (TPSA) is 60.9 Å². The molecule has 0 N–H and O–H groups in total. The summed E-state index contributed by atoms with van der Waals surface area (Å²) in [6.45, 7) is 0.936. The van der Waals surface area contributed by atoms with Crippen molar-refractivity contribution in [3.05, 3.63) is 48.3 Å². The van der Waals surface area contributed by atoms with E-state index in [9.17, 15) is 9.18 Å². The molecule has 6 nitrogen and oxygen atoms in total. The third kappa shape index (κ3) is 4.49. The van der Waals surface area contributed by atoms with Crippen LogP contribution in [0.25, 0.3) is 10.2 Å². The van der Waals surface area contributed by atoms with E-state index in [-0.39, 0.29) is 24.4 Å². The fourth-order valence-electron chi connectivity index (χ4n) is 3.22. The van der Waals surface area contributed by atoms with Gasteiger partial charge in [0.1, 0.15) is 22.8 Å². The van der Waals surface area contributed by atoms with Crippen LogP contribution < -0.4 is 14.4 Å². The predicted octanol–water partition coefficient (Wildman–Crippen LogP) is 4.04. The maximum absolute atomic E-state index is 13.1. The average molecular weight is 416 g/mol. The van der Waals surface area contributed by atoms with E-state index in [0.29, 0.717) is 29.8 Å². The highest BCUT2D eigenvalue weighted by Crippen LogP contribution is 2.34. The van der Waals surface area contributed by atoms with Gasteiger partial charge in [-0.25, -0.2) is 9.37 Å². The van der Waals surface area contributed by atoms with Crippen LogP contribution in [0.2, 0.25) is 0 Å². The standard InChI is InChI=1S/C21H21FN2O4S/c1-26-17-5-2-6-18-20(17)23-21(29-18)24(12-16-4-3-11-27-16)19(25)13-28-15-9-7-14(22)8-10-15/h2,5-10,16H,3-4,11-13H2,1H3. The molecule has 2 heterocycles. The predicted molar refractivity (Wildman–Crippen MR) is 109 cm³/mol. The summed E-state index contributed by atoms with van der Waals surface area (Å²) in [5.74, 6) is 0.509. The van der Waals surface area contributed by atoms with Crippen LogP contribution in [0.5, 0.6) is 11.5 Å². The molecular formula is C21H21FN2O4S. The van der Waals surface area contributed by atoms with Crippen molar-refractivity contribution in [2.45, 2.75) is 18.9 Å². The monoisotopic (exact) mass is 416 g/mol. The van der Waals surface area contributed by atoms with Gasteiger partial charge < -0.3 is 14.2 Å². The van der Waals surface area contributed by atoms with E-state index in [1.807, 2.05) is 18.2 Å². The Hall–Kier alpha value is -2.71. The number of carbonyl (C=O) groups is 1. The van der Waals surface area contributed by atoms with Crippen LogP contribution in [0.1, 0.15) is 12.8 Å². The Bertz CT molecular complexity index is 986. The summed E-state index contributed by atoms with van der Waals surface area (Å²) < 4.78 is 30.7. The van der Waals surface area contributed by atoms with E-state index >= 15 is 0 Å². The first-order valence-corrected chi connectivity index (χ1v) is 10.2. The molecule has 2 aromatic carbocycles. The Kier molecular flexibility index (Phi) is 5.92. The smallest absolute Gasteiger partial charge is 0.266 e. The summed E-state index contributed by atoms with van der Waals surface area (Å²) in [6, 6.07) is 11.3. The molecule has 4 rings (SSSR count). The molecule has 1 aliphatic heterocycles. The third-order valence-corrected chi connectivity index (χ3v) is 5.75. The largest absolute Gasteiger partial charge is 0.494 e. The number of ether oxygens (including phenoxy) is 3. The van der Waals surface area contributed by atoms with Crippen molar-refractivity contribution in [3.8, 4) is 11.5 Å². The fraction of sp³-hybridized carbons (Fsp3) is 0.333. The van der Waals surface area contributed by atoms with Gasteiger partial charge in [0.15, 0.2) is 11.7 Å². The Morgan fingerprint density at radius 3 is 2.86 bits per heavy atom. The minimum atomic E-state index is -0.355. The summed E-state index contributed by atoms with van der Waals surface area (Å²) in [4.78, 5) is 19.3. The molecule has 1 fully saturated rings. The van der Waals surface area contributed by atoms with Gasteiger partial charge in [-0.05, 0) is 49.2 Å². The van der Waals surface area contributed by atoms with Gasteiger partial charge in [-0.1, -0.05) is 17.4 Å². The molecule has 8 heteroatoms. The highest BCUT2D eigenvalue weighted by atomic mass is 32.1. The number of hydrogen-bond donors (Lipinski definition) is 0. The van der Waals surface area contributed by atoms with Crippen LogP contribution in [-0.4, -0.2) is 43.9 Å². The van der Waals surface area contributed by atoms with Gasteiger partial charge in [0, 0.05) is 6.61 Å². The fourth-order valence-corrected chi connectivity index (χ4v) is 4.23. The van der Waals surface area contributed by atoms with Crippen molar-refractivity contribution in [2.75, 3.05) is 31.8 Å². The molecule has 1 atom stereocenters. The number of benzene rings is 2. The zero-order valence-corrected chi connectivity index (χ0v) is 16.8. The molecule has 0 spiro atoms. The number of rotatable bonds is 7. The number of fused-ring (bicyclic) bond motifs is 1. The SMILES string of the molecule is COc1cccc2sc(N(CC3CCCO3)C(=O)COc3ccc(F)cc3)nc12. The second-order valence-electron chi connectivity index (χ2n) is 6.69. The molecule has 1 saturated heterocycles. The number of carbonyl (C=O) groups excluding carboxylic acids is 1. The minimum absolute atomic E-state index is 0.0290. The molecule has 0 aliphatic carbocycles. The lowest BCUT2D eigenvalue weighted by atomic mass is 10.2. The number of hydrogen-bond acceptors (Lipinski definition) is 6. The minimum Gasteiger partial charge on any atom is -0.494 e. The van der Waals surface area contributed by atoms with Crippen LogP contribution in [-0.2, 0) is 9.53 Å². The lowest BCUT2D eigenvalue weighted by molar-refractivity contribution is -0.120. The van der Waals surface area contributed by atoms with Crippen molar-refractivity contribution < 1.29 is 23.4 Å². The molecule has 29 heavy (non-hydrogen) atoms. The number of nitrogens with zero attached hydrogens (tertiary/aromatic N) is 2. The molecule has 152 valence electrons. The van der Waals surface area contributed by atoms with Crippen LogP contribution in [0, 0.1) is 5.82 Å². The van der Waals surface area contributed by atoms with Crippen LogP contribution in [0.4, 0.5) is 9.52 Å². The first kappa shape index (κ1) is 19.6. The van der Waals surface area contributed by atoms with Crippen LogP contribution in [0.3, 0.4) is 0 Å². The number of methoxy groups -OCH3 is 1. The second kappa shape index (κ2) is 8.75. The van der Waals surface area contributed by atoms with Gasteiger partial charge in [-0.15, -0.1) is 0 Å². The van der Waals surface area contributed by atoms with Gasteiger partial charge in [-0.3, -0.25) is 9.69 Å². The Labute approximate surface area is 171 Å². The van der Waals surface area contributed by atoms with Crippen molar-refractivity contribution in [3.63, 3.8) is 0 Å². The first-order chi connectivity index (χ1) is 14.1.